The Balaban J connectivity index is 2.91. The van der Waals surface area contributed by atoms with Gasteiger partial charge < -0.3 is 5.73 Å². The lowest BCUT2D eigenvalue weighted by atomic mass is 10.1. The zero-order valence-corrected chi connectivity index (χ0v) is 7.04. The van der Waals surface area contributed by atoms with Crippen LogP contribution >= 0.6 is 0 Å². The van der Waals surface area contributed by atoms with Crippen molar-refractivity contribution in [3.05, 3.63) is 29.6 Å². The van der Waals surface area contributed by atoms with Crippen LogP contribution in [0.15, 0.2) is 18.3 Å². The monoisotopic (exact) mass is 150 g/mol. The van der Waals surface area contributed by atoms with Crippen LogP contribution in [0.4, 0.5) is 0 Å². The summed E-state index contributed by atoms with van der Waals surface area (Å²) in [6.45, 7) is 4.85. The lowest BCUT2D eigenvalue weighted by Crippen LogP contribution is -1.99. The lowest BCUT2D eigenvalue weighted by molar-refractivity contribution is 0.816. The van der Waals surface area contributed by atoms with E-state index in [2.05, 4.69) is 24.9 Å². The van der Waals surface area contributed by atoms with Crippen molar-refractivity contribution in [3.63, 3.8) is 0 Å². The highest BCUT2D eigenvalue weighted by molar-refractivity contribution is 5.17. The first-order chi connectivity index (χ1) is 5.24. The average Bonchev–Trinajstić information content (AvgIpc) is 2.05. The highest BCUT2D eigenvalue weighted by Gasteiger charge is 1.99. The Kier molecular flexibility index (Phi) is 2.60. The third-order valence-corrected chi connectivity index (χ3v) is 1.67. The molecule has 0 aliphatic rings. The third-order valence-electron chi connectivity index (χ3n) is 1.67. The van der Waals surface area contributed by atoms with E-state index < -0.39 is 0 Å². The molecule has 0 amide bonds. The van der Waals surface area contributed by atoms with Gasteiger partial charge in [-0.1, -0.05) is 13.8 Å². The quantitative estimate of drug-likeness (QED) is 0.696. The lowest BCUT2D eigenvalue weighted by Gasteiger charge is -2.04. The molecule has 2 heteroatoms. The van der Waals surface area contributed by atoms with E-state index >= 15 is 0 Å². The Morgan fingerprint density at radius 3 is 2.82 bits per heavy atom. The summed E-state index contributed by atoms with van der Waals surface area (Å²) < 4.78 is 0. The van der Waals surface area contributed by atoms with Gasteiger partial charge in [0.25, 0.3) is 0 Å². The Morgan fingerprint density at radius 1 is 1.55 bits per heavy atom. The number of aromatic nitrogens is 1. The second kappa shape index (κ2) is 3.49. The van der Waals surface area contributed by atoms with E-state index in [0.29, 0.717) is 12.5 Å². The molecule has 2 nitrogen and oxygen atoms in total. The van der Waals surface area contributed by atoms with E-state index in [0.717, 1.165) is 11.3 Å². The minimum absolute atomic E-state index is 0.487. The maximum absolute atomic E-state index is 5.49. The molecule has 60 valence electrons. The predicted octanol–water partition coefficient (Wildman–Crippen LogP) is 1.66. The maximum atomic E-state index is 5.49. The van der Waals surface area contributed by atoms with Crippen LogP contribution in [0.25, 0.3) is 0 Å². The smallest absolute Gasteiger partial charge is 0.0432 e. The maximum Gasteiger partial charge on any atom is 0.0432 e. The SMILES string of the molecule is CC(C)c1cc(CN)ccn1. The van der Waals surface area contributed by atoms with Gasteiger partial charge in [0.05, 0.1) is 0 Å². The van der Waals surface area contributed by atoms with Gasteiger partial charge in [0.2, 0.25) is 0 Å². The summed E-state index contributed by atoms with van der Waals surface area (Å²) in [7, 11) is 0. The van der Waals surface area contributed by atoms with E-state index in [4.69, 9.17) is 5.73 Å². The van der Waals surface area contributed by atoms with Crippen LogP contribution in [0, 0.1) is 0 Å². The van der Waals surface area contributed by atoms with Crippen molar-refractivity contribution >= 4 is 0 Å². The first-order valence-corrected chi connectivity index (χ1v) is 3.89. The third kappa shape index (κ3) is 2.02. The molecule has 0 aliphatic carbocycles. The predicted molar refractivity (Wildman–Crippen MR) is 46.2 cm³/mol. The molecule has 11 heavy (non-hydrogen) atoms. The molecule has 0 spiro atoms. The molecule has 1 rings (SSSR count). The van der Waals surface area contributed by atoms with Crippen LogP contribution in [-0.2, 0) is 6.54 Å². The largest absolute Gasteiger partial charge is 0.326 e. The van der Waals surface area contributed by atoms with Gasteiger partial charge in [-0.05, 0) is 23.6 Å². The van der Waals surface area contributed by atoms with Gasteiger partial charge in [-0.25, -0.2) is 0 Å². The Hall–Kier alpha value is -0.890. The van der Waals surface area contributed by atoms with Crippen molar-refractivity contribution < 1.29 is 0 Å². The van der Waals surface area contributed by atoms with Gasteiger partial charge in [0, 0.05) is 18.4 Å². The topological polar surface area (TPSA) is 38.9 Å². The van der Waals surface area contributed by atoms with Crippen LogP contribution in [0.5, 0.6) is 0 Å². The Morgan fingerprint density at radius 2 is 2.27 bits per heavy atom. The molecule has 0 aromatic carbocycles. The highest BCUT2D eigenvalue weighted by atomic mass is 14.7. The van der Waals surface area contributed by atoms with Crippen LogP contribution in [0.3, 0.4) is 0 Å². The zero-order valence-electron chi connectivity index (χ0n) is 7.04. The van der Waals surface area contributed by atoms with Crippen molar-refractivity contribution in [2.75, 3.05) is 0 Å². The molecular formula is C9H14N2. The van der Waals surface area contributed by atoms with Crippen molar-refractivity contribution in [1.82, 2.24) is 4.98 Å². The summed E-state index contributed by atoms with van der Waals surface area (Å²) in [4.78, 5) is 4.23. The standard InChI is InChI=1S/C9H14N2/c1-7(2)9-5-8(6-10)3-4-11-9/h3-5,7H,6,10H2,1-2H3. The summed E-state index contributed by atoms with van der Waals surface area (Å²) >= 11 is 0. The van der Waals surface area contributed by atoms with E-state index in [1.54, 1.807) is 0 Å². The minimum atomic E-state index is 0.487. The molecule has 0 aliphatic heterocycles. The number of nitrogens with zero attached hydrogens (tertiary/aromatic N) is 1. The molecule has 0 saturated heterocycles. The van der Waals surface area contributed by atoms with Gasteiger partial charge in [-0.3, -0.25) is 4.98 Å². The van der Waals surface area contributed by atoms with Gasteiger partial charge >= 0.3 is 0 Å². The molecule has 0 unspecified atom stereocenters. The van der Waals surface area contributed by atoms with Gasteiger partial charge in [-0.2, -0.15) is 0 Å². The number of hydrogen-bond donors (Lipinski definition) is 1. The molecule has 2 N–H and O–H groups in total. The van der Waals surface area contributed by atoms with Crippen LogP contribution in [-0.4, -0.2) is 4.98 Å². The minimum Gasteiger partial charge on any atom is -0.326 e. The molecule has 0 bridgehead atoms. The highest BCUT2D eigenvalue weighted by Crippen LogP contribution is 2.11. The van der Waals surface area contributed by atoms with Crippen molar-refractivity contribution in [3.8, 4) is 0 Å². The van der Waals surface area contributed by atoms with Crippen molar-refractivity contribution in [2.45, 2.75) is 26.3 Å². The van der Waals surface area contributed by atoms with Crippen LogP contribution in [0.1, 0.15) is 31.0 Å². The normalized spacial score (nSPS) is 10.5. The summed E-state index contributed by atoms with van der Waals surface area (Å²) in [5.41, 5.74) is 7.77. The summed E-state index contributed by atoms with van der Waals surface area (Å²) in [5, 5.41) is 0. The molecule has 1 aromatic heterocycles. The molecule has 0 atom stereocenters. The second-order valence-electron chi connectivity index (χ2n) is 2.95. The average molecular weight is 150 g/mol. The van der Waals surface area contributed by atoms with Crippen molar-refractivity contribution in [1.29, 1.82) is 0 Å². The van der Waals surface area contributed by atoms with Gasteiger partial charge in [0.1, 0.15) is 0 Å². The van der Waals surface area contributed by atoms with Crippen LogP contribution < -0.4 is 5.73 Å². The second-order valence-corrected chi connectivity index (χ2v) is 2.95. The number of rotatable bonds is 2. The zero-order chi connectivity index (χ0) is 8.27. The van der Waals surface area contributed by atoms with Crippen LogP contribution in [0.2, 0.25) is 0 Å². The van der Waals surface area contributed by atoms with E-state index in [1.165, 1.54) is 0 Å². The fourth-order valence-electron chi connectivity index (χ4n) is 0.937. The Bertz CT molecular complexity index is 231. The molecule has 1 heterocycles. The number of hydrogen-bond acceptors (Lipinski definition) is 2. The fourth-order valence-corrected chi connectivity index (χ4v) is 0.937. The van der Waals surface area contributed by atoms with E-state index in [9.17, 15) is 0 Å². The molecule has 0 saturated carbocycles. The molecular weight excluding hydrogens is 136 g/mol. The molecule has 1 aromatic rings. The number of nitrogens with two attached hydrogens (primary N) is 1. The first kappa shape index (κ1) is 8.21. The van der Waals surface area contributed by atoms with E-state index in [-0.39, 0.29) is 0 Å². The van der Waals surface area contributed by atoms with E-state index in [1.807, 2.05) is 12.3 Å². The molecule has 0 fully saturated rings. The summed E-state index contributed by atoms with van der Waals surface area (Å²) in [6.07, 6.45) is 1.82. The number of pyridine rings is 1. The van der Waals surface area contributed by atoms with Gasteiger partial charge in [-0.15, -0.1) is 0 Å². The van der Waals surface area contributed by atoms with Gasteiger partial charge in [0.15, 0.2) is 0 Å². The summed E-state index contributed by atoms with van der Waals surface area (Å²) in [6, 6.07) is 4.01. The molecule has 0 radical (unpaired) electrons. The fraction of sp³-hybridized carbons (Fsp3) is 0.444. The Labute approximate surface area is 67.5 Å². The van der Waals surface area contributed by atoms with Crippen molar-refractivity contribution in [2.24, 2.45) is 5.73 Å². The summed E-state index contributed by atoms with van der Waals surface area (Å²) in [5.74, 6) is 0.487. The first-order valence-electron chi connectivity index (χ1n) is 3.89.